The van der Waals surface area contributed by atoms with E-state index in [1.165, 1.54) is 138 Å². The van der Waals surface area contributed by atoms with Gasteiger partial charge >= 0.3 is 0 Å². The molecular weight excluding hydrogens is 673 g/mol. The smallest absolute Gasteiger partial charge is 0.159 e. The zero-order chi connectivity index (χ0) is 38.2. The van der Waals surface area contributed by atoms with Crippen molar-refractivity contribution in [1.82, 2.24) is 19.9 Å². The number of ether oxygens (including phenoxy) is 1. The van der Waals surface area contributed by atoms with Crippen LogP contribution in [0.25, 0.3) is 22.8 Å². The van der Waals surface area contributed by atoms with Crippen LogP contribution in [0.2, 0.25) is 0 Å². The number of aromatic nitrogens is 4. The minimum atomic E-state index is 0.0556. The molecule has 0 aliphatic heterocycles. The van der Waals surface area contributed by atoms with Crippen molar-refractivity contribution in [3.05, 3.63) is 95.6 Å². The second kappa shape index (κ2) is 21.8. The summed E-state index contributed by atoms with van der Waals surface area (Å²) in [5, 5.41) is 0. The number of unbranched alkanes of at least 4 members (excludes halogenated alkanes) is 6. The normalized spacial score (nSPS) is 21.3. The maximum Gasteiger partial charge on any atom is 0.159 e. The number of rotatable bonds is 20. The van der Waals surface area contributed by atoms with E-state index in [1.54, 1.807) is 0 Å². The van der Waals surface area contributed by atoms with Crippen LogP contribution in [0.5, 0.6) is 0 Å². The number of aryl methyl sites for hydroxylation is 2. The van der Waals surface area contributed by atoms with Gasteiger partial charge in [0.2, 0.25) is 0 Å². The maximum atomic E-state index is 7.61. The molecule has 2 unspecified atom stereocenters. The molecule has 0 saturated heterocycles. The minimum Gasteiger partial charge on any atom is -0.365 e. The fraction of sp³-hybridized carbons (Fsp3) is 0.600. The highest BCUT2D eigenvalue weighted by molar-refractivity contribution is 5.56. The second-order valence-corrected chi connectivity index (χ2v) is 17.1. The number of hydrogen-bond donors (Lipinski definition) is 0. The van der Waals surface area contributed by atoms with Gasteiger partial charge in [0.25, 0.3) is 0 Å². The Bertz CT molecular complexity index is 1510. The van der Waals surface area contributed by atoms with E-state index in [2.05, 4.69) is 76.2 Å². The lowest BCUT2D eigenvalue weighted by Gasteiger charge is -2.40. The summed E-state index contributed by atoms with van der Waals surface area (Å²) in [6.45, 7) is 9.24. The number of hydrogen-bond acceptors (Lipinski definition) is 5. The van der Waals surface area contributed by atoms with Crippen LogP contribution in [0, 0.1) is 23.7 Å². The molecule has 2 aliphatic carbocycles. The monoisotopic (exact) mass is 743 g/mol. The molecule has 0 bridgehead atoms. The van der Waals surface area contributed by atoms with Crippen LogP contribution in [-0.4, -0.2) is 19.9 Å². The summed E-state index contributed by atoms with van der Waals surface area (Å²) in [5.41, 5.74) is 7.21. The Hall–Kier alpha value is -3.44. The van der Waals surface area contributed by atoms with Crippen LogP contribution >= 0.6 is 0 Å². The number of nitrogens with zero attached hydrogens (tertiary/aromatic N) is 4. The molecule has 2 aromatic carbocycles. The van der Waals surface area contributed by atoms with E-state index in [9.17, 15) is 0 Å². The van der Waals surface area contributed by atoms with Crippen molar-refractivity contribution in [3.8, 4) is 22.8 Å². The van der Waals surface area contributed by atoms with Crippen LogP contribution in [0.1, 0.15) is 178 Å². The summed E-state index contributed by atoms with van der Waals surface area (Å²) in [5.74, 6) is 4.33. The van der Waals surface area contributed by atoms with Gasteiger partial charge in [-0.05, 0) is 97.3 Å². The van der Waals surface area contributed by atoms with Gasteiger partial charge in [-0.2, -0.15) is 0 Å². The molecule has 296 valence electrons. The van der Waals surface area contributed by atoms with E-state index in [-0.39, 0.29) is 12.2 Å². The highest BCUT2D eigenvalue weighted by Crippen LogP contribution is 2.47. The molecule has 4 aromatic rings. The van der Waals surface area contributed by atoms with Gasteiger partial charge in [-0.3, -0.25) is 0 Å². The average molecular weight is 743 g/mol. The predicted octanol–water partition coefficient (Wildman–Crippen LogP) is 14.1. The van der Waals surface area contributed by atoms with Gasteiger partial charge in [0.1, 0.15) is 0 Å². The lowest BCUT2D eigenvalue weighted by molar-refractivity contribution is -0.0905. The Kier molecular flexibility index (Phi) is 16.3. The summed E-state index contributed by atoms with van der Waals surface area (Å²) in [4.78, 5) is 19.2. The Morgan fingerprint density at radius 3 is 1.16 bits per heavy atom. The van der Waals surface area contributed by atoms with E-state index in [0.717, 1.165) is 47.5 Å². The molecule has 2 fully saturated rings. The van der Waals surface area contributed by atoms with Crippen molar-refractivity contribution in [2.45, 2.75) is 168 Å². The molecule has 0 radical (unpaired) electrons. The molecule has 2 aliphatic rings. The molecule has 55 heavy (non-hydrogen) atoms. The fourth-order valence-electron chi connectivity index (χ4n) is 9.30. The summed E-state index contributed by atoms with van der Waals surface area (Å²) in [7, 11) is 0. The van der Waals surface area contributed by atoms with Gasteiger partial charge in [0.15, 0.2) is 11.6 Å². The molecular formula is C50H70N4O. The van der Waals surface area contributed by atoms with Gasteiger partial charge in [-0.1, -0.05) is 153 Å². The Balaban J connectivity index is 1.22. The minimum absolute atomic E-state index is 0.0556. The van der Waals surface area contributed by atoms with Crippen LogP contribution in [0.3, 0.4) is 0 Å². The van der Waals surface area contributed by atoms with Crippen LogP contribution < -0.4 is 0 Å². The molecule has 0 spiro atoms. The fourth-order valence-corrected chi connectivity index (χ4v) is 9.30. The zero-order valence-corrected chi connectivity index (χ0v) is 34.7. The molecule has 2 aromatic heterocycles. The lowest BCUT2D eigenvalue weighted by Crippen LogP contribution is -2.28. The summed E-state index contributed by atoms with van der Waals surface area (Å²) in [6.07, 6.45) is 33.1. The first-order chi connectivity index (χ1) is 27.1. The Labute approximate surface area is 334 Å². The van der Waals surface area contributed by atoms with Crippen molar-refractivity contribution < 1.29 is 4.74 Å². The molecule has 5 nitrogen and oxygen atoms in total. The van der Waals surface area contributed by atoms with Crippen molar-refractivity contribution >= 4 is 0 Å². The van der Waals surface area contributed by atoms with Crippen molar-refractivity contribution in [3.63, 3.8) is 0 Å². The largest absolute Gasteiger partial charge is 0.365 e. The predicted molar refractivity (Wildman–Crippen MR) is 229 cm³/mol. The first kappa shape index (κ1) is 41.2. The highest BCUT2D eigenvalue weighted by atomic mass is 16.5. The van der Waals surface area contributed by atoms with E-state index in [4.69, 9.17) is 24.7 Å². The van der Waals surface area contributed by atoms with Gasteiger partial charge in [-0.15, -0.1) is 0 Å². The van der Waals surface area contributed by atoms with Crippen molar-refractivity contribution in [2.24, 2.45) is 23.7 Å². The molecule has 2 atom stereocenters. The Morgan fingerprint density at radius 2 is 0.836 bits per heavy atom. The average Bonchev–Trinajstić information content (AvgIpc) is 3.25. The maximum absolute atomic E-state index is 7.61. The Morgan fingerprint density at radius 1 is 0.473 bits per heavy atom. The van der Waals surface area contributed by atoms with Gasteiger partial charge in [-0.25, -0.2) is 19.9 Å². The van der Waals surface area contributed by atoms with E-state index in [0.29, 0.717) is 11.8 Å². The molecule has 5 heteroatoms. The quantitative estimate of drug-likeness (QED) is 0.0844. The van der Waals surface area contributed by atoms with Gasteiger partial charge in [0, 0.05) is 35.9 Å². The van der Waals surface area contributed by atoms with Crippen molar-refractivity contribution in [2.75, 3.05) is 0 Å². The second-order valence-electron chi connectivity index (χ2n) is 17.1. The van der Waals surface area contributed by atoms with E-state index in [1.807, 2.05) is 24.8 Å². The molecule has 6 rings (SSSR count). The third-order valence-corrected chi connectivity index (χ3v) is 13.1. The molecule has 2 saturated carbocycles. The summed E-state index contributed by atoms with van der Waals surface area (Å²) >= 11 is 0. The summed E-state index contributed by atoms with van der Waals surface area (Å²) in [6, 6.07) is 18.2. The van der Waals surface area contributed by atoms with Gasteiger partial charge in [0.05, 0.1) is 12.2 Å². The van der Waals surface area contributed by atoms with Crippen molar-refractivity contribution in [1.29, 1.82) is 0 Å². The molecule has 0 N–H and O–H groups in total. The SMILES string of the molecule is CCCCCCc1cnc(-c2ccc(C(OC(c3ccc(-c4ncc(CCCCCC)cn4)cc3)C3CCC(CC)CC3)C3CCC(CC)CC3)cc2)nc1. The standard InChI is InChI=1S/C50H70N4O/c1-5-9-11-13-15-39-33-51-49(52-34-39)45-29-25-43(26-30-45)47(41-21-17-37(7-3)18-22-41)55-48(42-23-19-38(8-4)20-24-42)44-27-31-46(32-28-44)50-53-35-40(36-54-50)16-14-12-10-6-2/h25-38,41-42,47-48H,5-24H2,1-4H3. The first-order valence-corrected chi connectivity index (χ1v) is 22.6. The zero-order valence-electron chi connectivity index (χ0n) is 34.7. The molecule has 0 amide bonds. The number of benzene rings is 2. The van der Waals surface area contributed by atoms with E-state index < -0.39 is 0 Å². The topological polar surface area (TPSA) is 60.8 Å². The molecule has 2 heterocycles. The highest BCUT2D eigenvalue weighted by Gasteiger charge is 2.35. The van der Waals surface area contributed by atoms with Gasteiger partial charge < -0.3 is 4.74 Å². The van der Waals surface area contributed by atoms with E-state index >= 15 is 0 Å². The summed E-state index contributed by atoms with van der Waals surface area (Å²) < 4.78 is 7.61. The third-order valence-electron chi connectivity index (χ3n) is 13.1. The first-order valence-electron chi connectivity index (χ1n) is 22.6. The third kappa shape index (κ3) is 11.8. The van der Waals surface area contributed by atoms with Crippen LogP contribution in [-0.2, 0) is 17.6 Å². The van der Waals surface area contributed by atoms with Crippen LogP contribution in [0.15, 0.2) is 73.3 Å². The van der Waals surface area contributed by atoms with Crippen LogP contribution in [0.4, 0.5) is 0 Å². The lowest BCUT2D eigenvalue weighted by atomic mass is 9.75.